The summed E-state index contributed by atoms with van der Waals surface area (Å²) < 4.78 is 0.971. The van der Waals surface area contributed by atoms with Gasteiger partial charge in [-0.05, 0) is 47.4 Å². The van der Waals surface area contributed by atoms with E-state index < -0.39 is 0 Å². The second-order valence-electron chi connectivity index (χ2n) is 4.31. The summed E-state index contributed by atoms with van der Waals surface area (Å²) in [6.07, 6.45) is 5.12. The van der Waals surface area contributed by atoms with Gasteiger partial charge in [0.15, 0.2) is 0 Å². The molecule has 0 bridgehead atoms. The van der Waals surface area contributed by atoms with Crippen LogP contribution in [0.3, 0.4) is 0 Å². The van der Waals surface area contributed by atoms with Gasteiger partial charge in [-0.1, -0.05) is 0 Å². The first-order valence-corrected chi connectivity index (χ1v) is 6.79. The molecule has 1 aliphatic rings. The highest BCUT2D eigenvalue weighted by atomic mass is 127. The van der Waals surface area contributed by atoms with Gasteiger partial charge in [0.05, 0.1) is 5.56 Å². The first-order chi connectivity index (χ1) is 8.20. The van der Waals surface area contributed by atoms with Crippen LogP contribution in [0.2, 0.25) is 0 Å². The Kier molecular flexibility index (Phi) is 4.33. The quantitative estimate of drug-likeness (QED) is 0.827. The summed E-state index contributed by atoms with van der Waals surface area (Å²) in [6.45, 7) is 1.69. The van der Waals surface area contributed by atoms with Crippen molar-refractivity contribution in [3.8, 4) is 0 Å². The van der Waals surface area contributed by atoms with Crippen LogP contribution in [0.4, 0.5) is 0 Å². The van der Waals surface area contributed by atoms with E-state index in [0.29, 0.717) is 11.5 Å². The number of hydrogen-bond acceptors (Lipinski definition) is 3. The Morgan fingerprint density at radius 1 is 1.47 bits per heavy atom. The summed E-state index contributed by atoms with van der Waals surface area (Å²) in [7, 11) is 0. The molecule has 1 aliphatic heterocycles. The summed E-state index contributed by atoms with van der Waals surface area (Å²) in [5, 5.41) is 9.05. The van der Waals surface area contributed by atoms with Crippen molar-refractivity contribution in [3.05, 3.63) is 27.6 Å². The highest BCUT2D eigenvalue weighted by Crippen LogP contribution is 2.18. The third-order valence-electron chi connectivity index (χ3n) is 3.11. The number of aromatic nitrogens is 1. The van der Waals surface area contributed by atoms with E-state index in [4.69, 9.17) is 5.11 Å². The van der Waals surface area contributed by atoms with Gasteiger partial charge in [0.25, 0.3) is 5.91 Å². The van der Waals surface area contributed by atoms with Crippen LogP contribution < -0.4 is 0 Å². The Labute approximate surface area is 114 Å². The van der Waals surface area contributed by atoms with Gasteiger partial charge < -0.3 is 10.0 Å². The summed E-state index contributed by atoms with van der Waals surface area (Å²) in [5.41, 5.74) is 0.652. The van der Waals surface area contributed by atoms with E-state index in [1.807, 2.05) is 11.0 Å². The van der Waals surface area contributed by atoms with Crippen molar-refractivity contribution in [1.29, 1.82) is 0 Å². The summed E-state index contributed by atoms with van der Waals surface area (Å²) in [6, 6.07) is 1.86. The lowest BCUT2D eigenvalue weighted by Crippen LogP contribution is -2.39. The lowest BCUT2D eigenvalue weighted by atomic mass is 9.97. The number of hydrogen-bond donors (Lipinski definition) is 1. The first-order valence-electron chi connectivity index (χ1n) is 5.71. The molecule has 4 nitrogen and oxygen atoms in total. The Balaban J connectivity index is 2.02. The van der Waals surface area contributed by atoms with Crippen molar-refractivity contribution in [2.45, 2.75) is 12.8 Å². The van der Waals surface area contributed by atoms with Gasteiger partial charge in [-0.3, -0.25) is 9.78 Å². The first kappa shape index (κ1) is 12.8. The van der Waals surface area contributed by atoms with Crippen LogP contribution in [0.15, 0.2) is 18.5 Å². The van der Waals surface area contributed by atoms with Gasteiger partial charge in [0.2, 0.25) is 0 Å². The maximum Gasteiger partial charge on any atom is 0.255 e. The molecule has 0 aromatic carbocycles. The van der Waals surface area contributed by atoms with E-state index >= 15 is 0 Å². The second-order valence-corrected chi connectivity index (χ2v) is 5.56. The number of piperidine rings is 1. The van der Waals surface area contributed by atoms with E-state index in [0.717, 1.165) is 29.5 Å². The third-order valence-corrected chi connectivity index (χ3v) is 3.70. The second kappa shape index (κ2) is 5.77. The lowest BCUT2D eigenvalue weighted by Gasteiger charge is -2.31. The average Bonchev–Trinajstić information content (AvgIpc) is 2.38. The molecule has 1 N–H and O–H groups in total. The van der Waals surface area contributed by atoms with Crippen LogP contribution in [0.25, 0.3) is 0 Å². The van der Waals surface area contributed by atoms with Crippen LogP contribution in [0.5, 0.6) is 0 Å². The number of rotatable bonds is 2. The molecule has 1 aromatic rings. The number of amides is 1. The molecule has 17 heavy (non-hydrogen) atoms. The topological polar surface area (TPSA) is 53.4 Å². The van der Waals surface area contributed by atoms with Crippen molar-refractivity contribution >= 4 is 28.5 Å². The molecule has 92 valence electrons. The molecule has 2 rings (SSSR count). The molecular weight excluding hydrogens is 331 g/mol. The number of pyridine rings is 1. The number of carbonyl (C=O) groups is 1. The number of halogens is 1. The van der Waals surface area contributed by atoms with Gasteiger partial charge in [-0.2, -0.15) is 0 Å². The standard InChI is InChI=1S/C12H15IN2O2/c13-11-5-10(6-14-7-11)12(17)15-3-1-9(8-16)2-4-15/h5-7,9,16H,1-4,8H2. The minimum absolute atomic E-state index is 0.0485. The molecule has 0 aliphatic carbocycles. The molecule has 1 amide bonds. The number of likely N-dealkylation sites (tertiary alicyclic amines) is 1. The molecule has 0 spiro atoms. The zero-order chi connectivity index (χ0) is 12.3. The summed E-state index contributed by atoms with van der Waals surface area (Å²) >= 11 is 2.15. The SMILES string of the molecule is O=C(c1cncc(I)c1)N1CCC(CO)CC1. The van der Waals surface area contributed by atoms with Crippen molar-refractivity contribution in [1.82, 2.24) is 9.88 Å². The molecule has 2 heterocycles. The fraction of sp³-hybridized carbons (Fsp3) is 0.500. The van der Waals surface area contributed by atoms with Crippen molar-refractivity contribution < 1.29 is 9.90 Å². The normalized spacial score (nSPS) is 17.2. The zero-order valence-corrected chi connectivity index (χ0v) is 11.6. The van der Waals surface area contributed by atoms with Gasteiger partial charge in [0, 0.05) is 35.7 Å². The molecule has 0 saturated carbocycles. The summed E-state index contributed by atoms with van der Waals surface area (Å²) in [5.74, 6) is 0.403. The van der Waals surface area contributed by atoms with Crippen molar-refractivity contribution in [2.75, 3.05) is 19.7 Å². The Hall–Kier alpha value is -0.690. The van der Waals surface area contributed by atoms with Gasteiger partial charge in [-0.15, -0.1) is 0 Å². The molecular formula is C12H15IN2O2. The van der Waals surface area contributed by atoms with Gasteiger partial charge in [-0.25, -0.2) is 0 Å². The smallest absolute Gasteiger partial charge is 0.255 e. The van der Waals surface area contributed by atoms with Crippen LogP contribution in [0.1, 0.15) is 23.2 Å². The van der Waals surface area contributed by atoms with Crippen LogP contribution >= 0.6 is 22.6 Å². The average molecular weight is 346 g/mol. The highest BCUT2D eigenvalue weighted by molar-refractivity contribution is 14.1. The maximum atomic E-state index is 12.2. The molecule has 0 unspecified atom stereocenters. The van der Waals surface area contributed by atoms with E-state index in [1.165, 1.54) is 0 Å². The van der Waals surface area contributed by atoms with E-state index in [1.54, 1.807) is 12.4 Å². The number of aliphatic hydroxyl groups excluding tert-OH is 1. The van der Waals surface area contributed by atoms with Crippen molar-refractivity contribution in [3.63, 3.8) is 0 Å². The van der Waals surface area contributed by atoms with Crippen molar-refractivity contribution in [2.24, 2.45) is 5.92 Å². The van der Waals surface area contributed by atoms with Gasteiger partial charge >= 0.3 is 0 Å². The largest absolute Gasteiger partial charge is 0.396 e. The molecule has 5 heteroatoms. The molecule has 1 aromatic heterocycles. The van der Waals surface area contributed by atoms with Crippen LogP contribution in [-0.2, 0) is 0 Å². The van der Waals surface area contributed by atoms with E-state index in [9.17, 15) is 4.79 Å². The van der Waals surface area contributed by atoms with E-state index in [-0.39, 0.29) is 12.5 Å². The molecule has 0 radical (unpaired) electrons. The third kappa shape index (κ3) is 3.16. The zero-order valence-electron chi connectivity index (χ0n) is 9.47. The fourth-order valence-corrected chi connectivity index (χ4v) is 2.53. The monoisotopic (exact) mass is 346 g/mol. The Morgan fingerprint density at radius 2 is 2.18 bits per heavy atom. The molecule has 0 atom stereocenters. The highest BCUT2D eigenvalue weighted by Gasteiger charge is 2.23. The number of nitrogens with zero attached hydrogens (tertiary/aromatic N) is 2. The van der Waals surface area contributed by atoms with Crippen LogP contribution in [-0.4, -0.2) is 40.6 Å². The fourth-order valence-electron chi connectivity index (χ4n) is 2.03. The molecule has 1 saturated heterocycles. The maximum absolute atomic E-state index is 12.2. The Morgan fingerprint density at radius 3 is 2.76 bits per heavy atom. The van der Waals surface area contributed by atoms with Crippen LogP contribution in [0, 0.1) is 9.49 Å². The predicted molar refractivity (Wildman–Crippen MR) is 72.7 cm³/mol. The minimum atomic E-state index is 0.0485. The molecule has 1 fully saturated rings. The number of aliphatic hydroxyl groups is 1. The number of carbonyl (C=O) groups excluding carboxylic acids is 1. The van der Waals surface area contributed by atoms with E-state index in [2.05, 4.69) is 27.6 Å². The summed E-state index contributed by atoms with van der Waals surface area (Å²) in [4.78, 5) is 18.0. The van der Waals surface area contributed by atoms with Gasteiger partial charge in [0.1, 0.15) is 0 Å². The lowest BCUT2D eigenvalue weighted by molar-refractivity contribution is 0.0650. The predicted octanol–water partition coefficient (Wildman–Crippen LogP) is 1.53. The minimum Gasteiger partial charge on any atom is -0.396 e. The Bertz CT molecular complexity index is 403.